The Morgan fingerprint density at radius 2 is 2.33 bits per heavy atom. The van der Waals surface area contributed by atoms with Gasteiger partial charge in [-0.2, -0.15) is 0 Å². The number of hydrogen-bond acceptors (Lipinski definition) is 2. The van der Waals surface area contributed by atoms with Gasteiger partial charge in [-0.15, -0.1) is 0 Å². The van der Waals surface area contributed by atoms with Crippen LogP contribution in [0.4, 0.5) is 5.69 Å². The van der Waals surface area contributed by atoms with Crippen molar-refractivity contribution in [1.82, 2.24) is 0 Å². The summed E-state index contributed by atoms with van der Waals surface area (Å²) < 4.78 is 0. The first-order chi connectivity index (χ1) is 7.20. The topological polar surface area (TPSA) is 20.3 Å². The molecule has 2 nitrogen and oxygen atoms in total. The molecule has 1 saturated heterocycles. The highest BCUT2D eigenvalue weighted by atomic mass is 35.5. The smallest absolute Gasteiger partial charge is 0.152 e. The maximum atomic E-state index is 10.9. The van der Waals surface area contributed by atoms with E-state index in [1.165, 1.54) is 6.42 Å². The Kier molecular flexibility index (Phi) is 2.96. The van der Waals surface area contributed by atoms with Crippen molar-refractivity contribution >= 4 is 23.6 Å². The number of aldehydes is 1. The van der Waals surface area contributed by atoms with Gasteiger partial charge in [-0.25, -0.2) is 0 Å². The zero-order valence-corrected chi connectivity index (χ0v) is 9.50. The van der Waals surface area contributed by atoms with E-state index in [2.05, 4.69) is 11.8 Å². The molecule has 0 bridgehead atoms. The second-order valence-electron chi connectivity index (χ2n) is 4.16. The van der Waals surface area contributed by atoms with Gasteiger partial charge < -0.3 is 4.90 Å². The molecular formula is C12H14ClNO. The fourth-order valence-electron chi connectivity index (χ4n) is 2.04. The number of halogens is 1. The van der Waals surface area contributed by atoms with Crippen LogP contribution in [0.25, 0.3) is 0 Å². The molecule has 1 fully saturated rings. The van der Waals surface area contributed by atoms with Gasteiger partial charge in [0, 0.05) is 29.4 Å². The molecule has 1 aromatic carbocycles. The minimum Gasteiger partial charge on any atom is -0.371 e. The third kappa shape index (κ3) is 2.15. The molecule has 0 spiro atoms. The van der Waals surface area contributed by atoms with Crippen LogP contribution in [0.2, 0.25) is 5.02 Å². The van der Waals surface area contributed by atoms with Crippen LogP contribution >= 0.6 is 11.6 Å². The third-order valence-corrected chi connectivity index (χ3v) is 3.12. The molecule has 1 unspecified atom stereocenters. The lowest BCUT2D eigenvalue weighted by Gasteiger charge is -2.20. The molecule has 2 rings (SSSR count). The molecule has 1 aromatic rings. The monoisotopic (exact) mass is 223 g/mol. The van der Waals surface area contributed by atoms with E-state index < -0.39 is 0 Å². The highest BCUT2D eigenvalue weighted by molar-refractivity contribution is 6.31. The Balaban J connectivity index is 2.33. The SMILES string of the molecule is CC1CCN(c2cc(Cl)ccc2C=O)C1. The molecule has 3 heteroatoms. The van der Waals surface area contributed by atoms with Crippen molar-refractivity contribution in [3.8, 4) is 0 Å². The number of carbonyl (C=O) groups excluding carboxylic acids is 1. The predicted molar refractivity (Wildman–Crippen MR) is 62.8 cm³/mol. The van der Waals surface area contributed by atoms with Crippen LogP contribution in [-0.2, 0) is 0 Å². The number of rotatable bonds is 2. The highest BCUT2D eigenvalue weighted by Gasteiger charge is 2.20. The molecule has 0 aliphatic carbocycles. The Morgan fingerprint density at radius 3 is 2.93 bits per heavy atom. The lowest BCUT2D eigenvalue weighted by Crippen LogP contribution is -2.20. The van der Waals surface area contributed by atoms with Crippen LogP contribution in [0.15, 0.2) is 18.2 Å². The maximum absolute atomic E-state index is 10.9. The molecule has 0 N–H and O–H groups in total. The molecule has 0 radical (unpaired) electrons. The summed E-state index contributed by atoms with van der Waals surface area (Å²) in [7, 11) is 0. The van der Waals surface area contributed by atoms with E-state index in [1.807, 2.05) is 6.07 Å². The van der Waals surface area contributed by atoms with Crippen LogP contribution in [-0.4, -0.2) is 19.4 Å². The molecule has 0 saturated carbocycles. The van der Waals surface area contributed by atoms with Crippen molar-refractivity contribution in [3.63, 3.8) is 0 Å². The zero-order valence-electron chi connectivity index (χ0n) is 8.74. The second-order valence-corrected chi connectivity index (χ2v) is 4.60. The van der Waals surface area contributed by atoms with Crippen LogP contribution < -0.4 is 4.90 Å². The standard InChI is InChI=1S/C12H14ClNO/c1-9-4-5-14(7-9)12-6-11(13)3-2-10(12)8-15/h2-3,6,8-9H,4-5,7H2,1H3. The highest BCUT2D eigenvalue weighted by Crippen LogP contribution is 2.28. The summed E-state index contributed by atoms with van der Waals surface area (Å²) in [4.78, 5) is 13.1. The molecule has 1 heterocycles. The van der Waals surface area contributed by atoms with Crippen LogP contribution in [0.5, 0.6) is 0 Å². The minimum atomic E-state index is 0.690. The molecule has 0 aromatic heterocycles. The van der Waals surface area contributed by atoms with Gasteiger partial charge in [-0.1, -0.05) is 18.5 Å². The first kappa shape index (κ1) is 10.5. The zero-order chi connectivity index (χ0) is 10.8. The summed E-state index contributed by atoms with van der Waals surface area (Å²) in [5.74, 6) is 0.698. The quantitative estimate of drug-likeness (QED) is 0.719. The summed E-state index contributed by atoms with van der Waals surface area (Å²) in [5, 5.41) is 0.690. The average Bonchev–Trinajstić information content (AvgIpc) is 2.65. The summed E-state index contributed by atoms with van der Waals surface area (Å²) in [6.07, 6.45) is 2.08. The summed E-state index contributed by atoms with van der Waals surface area (Å²) >= 11 is 5.95. The number of anilines is 1. The molecule has 80 valence electrons. The van der Waals surface area contributed by atoms with Crippen molar-refractivity contribution in [2.45, 2.75) is 13.3 Å². The van der Waals surface area contributed by atoms with Crippen molar-refractivity contribution in [3.05, 3.63) is 28.8 Å². The summed E-state index contributed by atoms with van der Waals surface area (Å²) in [5.41, 5.74) is 1.70. The van der Waals surface area contributed by atoms with Crippen LogP contribution in [0.3, 0.4) is 0 Å². The van der Waals surface area contributed by atoms with Gasteiger partial charge in [0.2, 0.25) is 0 Å². The Labute approximate surface area is 94.8 Å². The Morgan fingerprint density at radius 1 is 1.53 bits per heavy atom. The van der Waals surface area contributed by atoms with Gasteiger partial charge in [-0.05, 0) is 30.5 Å². The number of hydrogen-bond donors (Lipinski definition) is 0. The summed E-state index contributed by atoms with van der Waals surface area (Å²) in [6.45, 7) is 4.26. The number of benzene rings is 1. The van der Waals surface area contributed by atoms with Crippen LogP contribution in [0.1, 0.15) is 23.7 Å². The van der Waals surface area contributed by atoms with Gasteiger partial charge in [0.25, 0.3) is 0 Å². The fourth-order valence-corrected chi connectivity index (χ4v) is 2.21. The fraction of sp³-hybridized carbons (Fsp3) is 0.417. The Bertz CT molecular complexity index is 378. The van der Waals surface area contributed by atoms with E-state index in [4.69, 9.17) is 11.6 Å². The van der Waals surface area contributed by atoms with E-state index in [0.717, 1.165) is 30.6 Å². The van der Waals surface area contributed by atoms with E-state index in [1.54, 1.807) is 12.1 Å². The van der Waals surface area contributed by atoms with Gasteiger partial charge in [0.05, 0.1) is 0 Å². The van der Waals surface area contributed by atoms with Crippen molar-refractivity contribution in [1.29, 1.82) is 0 Å². The molecule has 0 amide bonds. The van der Waals surface area contributed by atoms with Crippen molar-refractivity contribution < 1.29 is 4.79 Å². The van der Waals surface area contributed by atoms with Gasteiger partial charge >= 0.3 is 0 Å². The normalized spacial score (nSPS) is 20.7. The first-order valence-electron chi connectivity index (χ1n) is 5.20. The predicted octanol–water partition coefficient (Wildman–Crippen LogP) is 3.00. The molecule has 15 heavy (non-hydrogen) atoms. The van der Waals surface area contributed by atoms with Gasteiger partial charge in [0.15, 0.2) is 6.29 Å². The van der Waals surface area contributed by atoms with Gasteiger partial charge in [0.1, 0.15) is 0 Å². The van der Waals surface area contributed by atoms with Crippen molar-refractivity contribution in [2.75, 3.05) is 18.0 Å². The van der Waals surface area contributed by atoms with E-state index in [9.17, 15) is 4.79 Å². The molecule has 1 atom stereocenters. The lowest BCUT2D eigenvalue weighted by molar-refractivity contribution is 0.112. The van der Waals surface area contributed by atoms with E-state index >= 15 is 0 Å². The molecule has 1 aliphatic heterocycles. The largest absolute Gasteiger partial charge is 0.371 e. The number of nitrogens with zero attached hydrogens (tertiary/aromatic N) is 1. The van der Waals surface area contributed by atoms with Crippen LogP contribution in [0, 0.1) is 5.92 Å². The summed E-state index contributed by atoms with van der Waals surface area (Å²) in [6, 6.07) is 5.42. The minimum absolute atomic E-state index is 0.690. The molecular weight excluding hydrogens is 210 g/mol. The first-order valence-corrected chi connectivity index (χ1v) is 5.58. The lowest BCUT2D eigenvalue weighted by atomic mass is 10.1. The Hall–Kier alpha value is -1.02. The number of carbonyl (C=O) groups is 1. The maximum Gasteiger partial charge on any atom is 0.152 e. The van der Waals surface area contributed by atoms with Gasteiger partial charge in [-0.3, -0.25) is 4.79 Å². The average molecular weight is 224 g/mol. The van der Waals surface area contributed by atoms with E-state index in [0.29, 0.717) is 10.9 Å². The molecule has 1 aliphatic rings. The second kappa shape index (κ2) is 4.23. The third-order valence-electron chi connectivity index (χ3n) is 2.88. The van der Waals surface area contributed by atoms with E-state index in [-0.39, 0.29) is 0 Å². The van der Waals surface area contributed by atoms with Crippen molar-refractivity contribution in [2.24, 2.45) is 5.92 Å².